The Labute approximate surface area is 117 Å². The maximum absolute atomic E-state index is 6.15. The van der Waals surface area contributed by atoms with Crippen molar-refractivity contribution in [3.63, 3.8) is 0 Å². The van der Waals surface area contributed by atoms with E-state index in [0.717, 1.165) is 23.8 Å². The van der Waals surface area contributed by atoms with Crippen LogP contribution < -0.4 is 15.8 Å². The zero-order valence-corrected chi connectivity index (χ0v) is 12.9. The van der Waals surface area contributed by atoms with Crippen molar-refractivity contribution in [3.05, 3.63) is 18.2 Å². The van der Waals surface area contributed by atoms with Gasteiger partial charge in [0.05, 0.1) is 17.5 Å². The van der Waals surface area contributed by atoms with Crippen molar-refractivity contribution in [1.82, 2.24) is 0 Å². The molecule has 0 saturated heterocycles. The Morgan fingerprint density at radius 2 is 1.79 bits per heavy atom. The molecule has 19 heavy (non-hydrogen) atoms. The monoisotopic (exact) mass is 264 g/mol. The molecule has 0 aliphatic carbocycles. The molecule has 0 saturated carbocycles. The van der Waals surface area contributed by atoms with Crippen LogP contribution in [0.3, 0.4) is 0 Å². The highest BCUT2D eigenvalue weighted by Gasteiger charge is 2.10. The zero-order valence-electron chi connectivity index (χ0n) is 12.9. The smallest absolute Gasteiger partial charge is 0.144 e. The van der Waals surface area contributed by atoms with E-state index in [1.165, 1.54) is 6.42 Å². The van der Waals surface area contributed by atoms with Gasteiger partial charge in [0.25, 0.3) is 0 Å². The van der Waals surface area contributed by atoms with E-state index in [1.54, 1.807) is 0 Å². The van der Waals surface area contributed by atoms with E-state index < -0.39 is 0 Å². The SMILES string of the molecule is CC(C)CCC(C)Nc1cccc(OC(C)C)c1N. The summed E-state index contributed by atoms with van der Waals surface area (Å²) in [6.45, 7) is 10.7. The molecule has 3 heteroatoms. The summed E-state index contributed by atoms with van der Waals surface area (Å²) in [5, 5.41) is 3.47. The molecule has 0 bridgehead atoms. The number of nitrogens with one attached hydrogen (secondary N) is 1. The second kappa shape index (κ2) is 7.27. The summed E-state index contributed by atoms with van der Waals surface area (Å²) in [7, 11) is 0. The number of nitrogens with two attached hydrogens (primary N) is 1. The molecule has 0 amide bonds. The van der Waals surface area contributed by atoms with Gasteiger partial charge in [0.1, 0.15) is 5.75 Å². The van der Waals surface area contributed by atoms with Crippen LogP contribution in [-0.2, 0) is 0 Å². The van der Waals surface area contributed by atoms with Crippen molar-refractivity contribution in [2.45, 2.75) is 59.6 Å². The van der Waals surface area contributed by atoms with Gasteiger partial charge in [-0.15, -0.1) is 0 Å². The van der Waals surface area contributed by atoms with Crippen LogP contribution in [0.2, 0.25) is 0 Å². The maximum atomic E-state index is 6.15. The predicted molar refractivity (Wildman–Crippen MR) is 83.8 cm³/mol. The molecule has 0 radical (unpaired) electrons. The fourth-order valence-electron chi connectivity index (χ4n) is 1.95. The molecule has 0 aromatic heterocycles. The van der Waals surface area contributed by atoms with Gasteiger partial charge in [-0.2, -0.15) is 0 Å². The molecule has 0 aliphatic rings. The molecule has 108 valence electrons. The molecule has 1 atom stereocenters. The van der Waals surface area contributed by atoms with E-state index in [9.17, 15) is 0 Å². The van der Waals surface area contributed by atoms with Gasteiger partial charge < -0.3 is 15.8 Å². The van der Waals surface area contributed by atoms with E-state index in [4.69, 9.17) is 10.5 Å². The first kappa shape index (κ1) is 15.7. The van der Waals surface area contributed by atoms with E-state index in [2.05, 4.69) is 26.1 Å². The van der Waals surface area contributed by atoms with Gasteiger partial charge in [-0.1, -0.05) is 19.9 Å². The fourth-order valence-corrected chi connectivity index (χ4v) is 1.95. The van der Waals surface area contributed by atoms with E-state index >= 15 is 0 Å². The molecular formula is C16H28N2O. The molecule has 1 aromatic carbocycles. The van der Waals surface area contributed by atoms with Gasteiger partial charge >= 0.3 is 0 Å². The predicted octanol–water partition coefficient (Wildman–Crippen LogP) is 4.29. The highest BCUT2D eigenvalue weighted by molar-refractivity contribution is 5.73. The van der Waals surface area contributed by atoms with Gasteiger partial charge in [0.2, 0.25) is 0 Å². The summed E-state index contributed by atoms with van der Waals surface area (Å²) in [5.74, 6) is 1.49. The number of nitrogen functional groups attached to an aromatic ring is 1. The van der Waals surface area contributed by atoms with E-state index in [-0.39, 0.29) is 6.10 Å². The van der Waals surface area contributed by atoms with Crippen LogP contribution >= 0.6 is 0 Å². The number of para-hydroxylation sites is 1. The van der Waals surface area contributed by atoms with Crippen LogP contribution in [0.1, 0.15) is 47.5 Å². The average molecular weight is 264 g/mol. The fraction of sp³-hybridized carbons (Fsp3) is 0.625. The number of benzene rings is 1. The summed E-state index contributed by atoms with van der Waals surface area (Å²) >= 11 is 0. The van der Waals surface area contributed by atoms with Crippen molar-refractivity contribution in [3.8, 4) is 5.75 Å². The minimum absolute atomic E-state index is 0.135. The Morgan fingerprint density at radius 3 is 2.37 bits per heavy atom. The Balaban J connectivity index is 2.67. The van der Waals surface area contributed by atoms with Gasteiger partial charge in [0, 0.05) is 6.04 Å². The lowest BCUT2D eigenvalue weighted by atomic mass is 10.0. The topological polar surface area (TPSA) is 47.3 Å². The van der Waals surface area contributed by atoms with Gasteiger partial charge in [0.15, 0.2) is 0 Å². The molecule has 0 fully saturated rings. The van der Waals surface area contributed by atoms with Crippen LogP contribution in [0.15, 0.2) is 18.2 Å². The number of rotatable bonds is 7. The van der Waals surface area contributed by atoms with Crippen molar-refractivity contribution in [1.29, 1.82) is 0 Å². The van der Waals surface area contributed by atoms with Crippen LogP contribution in [0.5, 0.6) is 5.75 Å². The summed E-state index contributed by atoms with van der Waals surface area (Å²) in [5.41, 5.74) is 7.82. The lowest BCUT2D eigenvalue weighted by Gasteiger charge is -2.20. The molecule has 1 aromatic rings. The summed E-state index contributed by atoms with van der Waals surface area (Å²) < 4.78 is 5.70. The normalized spacial score (nSPS) is 12.8. The quantitative estimate of drug-likeness (QED) is 0.722. The number of anilines is 2. The Hall–Kier alpha value is -1.38. The zero-order chi connectivity index (χ0) is 14.4. The number of ether oxygens (including phenoxy) is 1. The lowest BCUT2D eigenvalue weighted by Crippen LogP contribution is -2.17. The third kappa shape index (κ3) is 5.41. The summed E-state index contributed by atoms with van der Waals surface area (Å²) in [6.07, 6.45) is 2.50. The molecule has 3 N–H and O–H groups in total. The standard InChI is InChI=1S/C16H28N2O/c1-11(2)9-10-13(5)18-14-7-6-8-15(16(14)17)19-12(3)4/h6-8,11-13,18H,9-10,17H2,1-5H3. The van der Waals surface area contributed by atoms with Crippen molar-refractivity contribution < 1.29 is 4.74 Å². The minimum atomic E-state index is 0.135. The van der Waals surface area contributed by atoms with Gasteiger partial charge in [-0.3, -0.25) is 0 Å². The summed E-state index contributed by atoms with van der Waals surface area (Å²) in [4.78, 5) is 0. The maximum Gasteiger partial charge on any atom is 0.144 e. The molecular weight excluding hydrogens is 236 g/mol. The third-order valence-electron chi connectivity index (χ3n) is 3.01. The Bertz CT molecular complexity index is 388. The van der Waals surface area contributed by atoms with Crippen molar-refractivity contribution >= 4 is 11.4 Å². The molecule has 0 aliphatic heterocycles. The third-order valence-corrected chi connectivity index (χ3v) is 3.01. The molecule has 1 unspecified atom stereocenters. The summed E-state index contributed by atoms with van der Waals surface area (Å²) in [6, 6.07) is 6.32. The largest absolute Gasteiger partial charge is 0.489 e. The molecule has 0 spiro atoms. The first-order valence-corrected chi connectivity index (χ1v) is 7.21. The molecule has 0 heterocycles. The average Bonchev–Trinajstić information content (AvgIpc) is 2.31. The minimum Gasteiger partial charge on any atom is -0.489 e. The first-order valence-electron chi connectivity index (χ1n) is 7.21. The van der Waals surface area contributed by atoms with Crippen LogP contribution in [0, 0.1) is 5.92 Å². The lowest BCUT2D eigenvalue weighted by molar-refractivity contribution is 0.244. The van der Waals surface area contributed by atoms with E-state index in [0.29, 0.717) is 11.7 Å². The number of hydrogen-bond acceptors (Lipinski definition) is 3. The highest BCUT2D eigenvalue weighted by Crippen LogP contribution is 2.30. The van der Waals surface area contributed by atoms with Crippen LogP contribution in [0.4, 0.5) is 11.4 Å². The van der Waals surface area contributed by atoms with Crippen LogP contribution in [0.25, 0.3) is 0 Å². The van der Waals surface area contributed by atoms with Gasteiger partial charge in [-0.25, -0.2) is 0 Å². The second-order valence-corrected chi connectivity index (χ2v) is 5.90. The highest BCUT2D eigenvalue weighted by atomic mass is 16.5. The Kier molecular flexibility index (Phi) is 6.00. The van der Waals surface area contributed by atoms with Crippen molar-refractivity contribution in [2.24, 2.45) is 5.92 Å². The molecule has 3 nitrogen and oxygen atoms in total. The van der Waals surface area contributed by atoms with Crippen molar-refractivity contribution in [2.75, 3.05) is 11.1 Å². The first-order chi connectivity index (χ1) is 8.90. The van der Waals surface area contributed by atoms with E-state index in [1.807, 2.05) is 32.0 Å². The Morgan fingerprint density at radius 1 is 1.11 bits per heavy atom. The second-order valence-electron chi connectivity index (χ2n) is 5.90. The number of hydrogen-bond donors (Lipinski definition) is 2. The molecule has 1 rings (SSSR count). The van der Waals surface area contributed by atoms with Gasteiger partial charge in [-0.05, 0) is 51.7 Å². The van der Waals surface area contributed by atoms with Crippen LogP contribution in [-0.4, -0.2) is 12.1 Å².